The van der Waals surface area contributed by atoms with Crippen molar-refractivity contribution in [1.82, 2.24) is 0 Å². The average Bonchev–Trinajstić information content (AvgIpc) is 2.23. The van der Waals surface area contributed by atoms with Crippen LogP contribution in [0.15, 0.2) is 18.2 Å². The second-order valence-corrected chi connectivity index (χ2v) is 4.72. The van der Waals surface area contributed by atoms with Gasteiger partial charge in [-0.25, -0.2) is 0 Å². The highest BCUT2D eigenvalue weighted by Crippen LogP contribution is 2.36. The Hall–Kier alpha value is -1.02. The second-order valence-electron chi connectivity index (χ2n) is 4.72. The third-order valence-corrected chi connectivity index (χ3v) is 3.53. The number of rotatable bonds is 1. The van der Waals surface area contributed by atoms with Crippen LogP contribution in [0.5, 0.6) is 5.75 Å². The lowest BCUT2D eigenvalue weighted by atomic mass is 9.77. The van der Waals surface area contributed by atoms with Crippen molar-refractivity contribution in [1.29, 1.82) is 0 Å². The van der Waals surface area contributed by atoms with Crippen molar-refractivity contribution in [2.24, 2.45) is 5.73 Å². The van der Waals surface area contributed by atoms with Gasteiger partial charge in [0, 0.05) is 5.54 Å². The Morgan fingerprint density at radius 1 is 1.20 bits per heavy atom. The van der Waals surface area contributed by atoms with E-state index >= 15 is 0 Å². The smallest absolute Gasteiger partial charge is 0.118 e. The first-order chi connectivity index (χ1) is 7.12. The highest BCUT2D eigenvalue weighted by Gasteiger charge is 2.29. The summed E-state index contributed by atoms with van der Waals surface area (Å²) < 4.78 is 0. The summed E-state index contributed by atoms with van der Waals surface area (Å²) in [6, 6.07) is 5.84. The molecule has 1 fully saturated rings. The Labute approximate surface area is 91.1 Å². The van der Waals surface area contributed by atoms with Gasteiger partial charge in [0.1, 0.15) is 5.75 Å². The monoisotopic (exact) mass is 205 g/mol. The Bertz CT molecular complexity index is 354. The van der Waals surface area contributed by atoms with Gasteiger partial charge >= 0.3 is 0 Å². The minimum atomic E-state index is -0.205. The van der Waals surface area contributed by atoms with Crippen molar-refractivity contribution < 1.29 is 5.11 Å². The number of benzene rings is 1. The SMILES string of the molecule is Cc1ccc(C2(N)CCCCC2)cc1O. The van der Waals surface area contributed by atoms with Gasteiger partial charge in [0.25, 0.3) is 0 Å². The molecule has 0 spiro atoms. The molecule has 0 bridgehead atoms. The van der Waals surface area contributed by atoms with Crippen molar-refractivity contribution in [3.63, 3.8) is 0 Å². The summed E-state index contributed by atoms with van der Waals surface area (Å²) in [7, 11) is 0. The van der Waals surface area contributed by atoms with Gasteiger partial charge in [-0.05, 0) is 37.0 Å². The zero-order chi connectivity index (χ0) is 10.9. The van der Waals surface area contributed by atoms with E-state index in [0.29, 0.717) is 5.75 Å². The van der Waals surface area contributed by atoms with Gasteiger partial charge in [-0.1, -0.05) is 31.4 Å². The van der Waals surface area contributed by atoms with Crippen molar-refractivity contribution in [3.05, 3.63) is 29.3 Å². The predicted molar refractivity (Wildman–Crippen MR) is 61.8 cm³/mol. The van der Waals surface area contributed by atoms with Gasteiger partial charge in [-0.3, -0.25) is 0 Å². The fourth-order valence-corrected chi connectivity index (χ4v) is 2.39. The number of hydrogen-bond acceptors (Lipinski definition) is 2. The van der Waals surface area contributed by atoms with Crippen LogP contribution in [-0.2, 0) is 5.54 Å². The van der Waals surface area contributed by atoms with Crippen molar-refractivity contribution >= 4 is 0 Å². The summed E-state index contributed by atoms with van der Waals surface area (Å²) in [6.07, 6.45) is 5.76. The highest BCUT2D eigenvalue weighted by molar-refractivity contribution is 5.38. The van der Waals surface area contributed by atoms with E-state index in [9.17, 15) is 5.11 Å². The Kier molecular flexibility index (Phi) is 2.70. The van der Waals surface area contributed by atoms with Crippen molar-refractivity contribution in [2.75, 3.05) is 0 Å². The quantitative estimate of drug-likeness (QED) is 0.740. The third kappa shape index (κ3) is 2.00. The number of phenols is 1. The molecule has 0 saturated heterocycles. The summed E-state index contributed by atoms with van der Waals surface area (Å²) in [6.45, 7) is 1.91. The van der Waals surface area contributed by atoms with Crippen LogP contribution in [0.1, 0.15) is 43.2 Å². The second kappa shape index (κ2) is 3.86. The molecular formula is C13H19NO. The van der Waals surface area contributed by atoms with Crippen molar-refractivity contribution in [2.45, 2.75) is 44.6 Å². The van der Waals surface area contributed by atoms with Gasteiger partial charge in [0.05, 0.1) is 0 Å². The Morgan fingerprint density at radius 2 is 1.87 bits per heavy atom. The lowest BCUT2D eigenvalue weighted by molar-refractivity contribution is 0.301. The predicted octanol–water partition coefficient (Wildman–Crippen LogP) is 2.82. The van der Waals surface area contributed by atoms with Gasteiger partial charge in [-0.15, -0.1) is 0 Å². The molecule has 0 aliphatic heterocycles. The number of aromatic hydroxyl groups is 1. The van der Waals surface area contributed by atoms with Crippen LogP contribution >= 0.6 is 0 Å². The molecule has 2 heteroatoms. The molecule has 2 rings (SSSR count). The summed E-state index contributed by atoms with van der Waals surface area (Å²) in [5.74, 6) is 0.364. The van der Waals surface area contributed by atoms with Crippen LogP contribution < -0.4 is 5.73 Å². The molecule has 1 aromatic rings. The average molecular weight is 205 g/mol. The number of nitrogens with two attached hydrogens (primary N) is 1. The van der Waals surface area contributed by atoms with Crippen LogP contribution in [0.4, 0.5) is 0 Å². The van der Waals surface area contributed by atoms with Crippen LogP contribution in [0.25, 0.3) is 0 Å². The molecule has 1 aliphatic carbocycles. The zero-order valence-corrected chi connectivity index (χ0v) is 9.29. The van der Waals surface area contributed by atoms with Crippen LogP contribution in [0.2, 0.25) is 0 Å². The number of phenolic OH excluding ortho intramolecular Hbond substituents is 1. The largest absolute Gasteiger partial charge is 0.508 e. The van der Waals surface area contributed by atoms with E-state index < -0.39 is 0 Å². The van der Waals surface area contributed by atoms with Gasteiger partial charge in [0.2, 0.25) is 0 Å². The highest BCUT2D eigenvalue weighted by atomic mass is 16.3. The summed E-state index contributed by atoms with van der Waals surface area (Å²) >= 11 is 0. The van der Waals surface area contributed by atoms with E-state index in [1.54, 1.807) is 0 Å². The number of hydrogen-bond donors (Lipinski definition) is 2. The first-order valence-corrected chi connectivity index (χ1v) is 5.71. The summed E-state index contributed by atoms with van der Waals surface area (Å²) in [5, 5.41) is 9.69. The van der Waals surface area contributed by atoms with Gasteiger partial charge in [-0.2, -0.15) is 0 Å². The van der Waals surface area contributed by atoms with Gasteiger partial charge in [0.15, 0.2) is 0 Å². The van der Waals surface area contributed by atoms with Crippen molar-refractivity contribution in [3.8, 4) is 5.75 Å². The van der Waals surface area contributed by atoms with E-state index in [0.717, 1.165) is 24.0 Å². The maximum Gasteiger partial charge on any atom is 0.118 e. The molecule has 2 nitrogen and oxygen atoms in total. The topological polar surface area (TPSA) is 46.2 Å². The molecule has 0 atom stereocenters. The molecule has 15 heavy (non-hydrogen) atoms. The van der Waals surface area contributed by atoms with E-state index in [-0.39, 0.29) is 5.54 Å². The Balaban J connectivity index is 2.31. The van der Waals surface area contributed by atoms with E-state index in [1.165, 1.54) is 19.3 Å². The van der Waals surface area contributed by atoms with E-state index in [2.05, 4.69) is 6.07 Å². The molecule has 0 unspecified atom stereocenters. The standard InChI is InChI=1S/C13H19NO/c1-10-5-6-11(9-12(10)15)13(14)7-3-2-4-8-13/h5-6,9,15H,2-4,7-8,14H2,1H3. The molecule has 1 aliphatic rings. The fraction of sp³-hybridized carbons (Fsp3) is 0.538. The first-order valence-electron chi connectivity index (χ1n) is 5.71. The molecule has 0 radical (unpaired) electrons. The first kappa shape index (κ1) is 10.5. The Morgan fingerprint density at radius 3 is 2.47 bits per heavy atom. The lowest BCUT2D eigenvalue weighted by Crippen LogP contribution is -2.38. The van der Waals surface area contributed by atoms with Crippen LogP contribution in [0.3, 0.4) is 0 Å². The maximum absolute atomic E-state index is 9.69. The zero-order valence-electron chi connectivity index (χ0n) is 9.29. The summed E-state index contributed by atoms with van der Waals surface area (Å²) in [4.78, 5) is 0. The van der Waals surface area contributed by atoms with E-state index in [1.807, 2.05) is 19.1 Å². The molecule has 3 N–H and O–H groups in total. The normalized spacial score (nSPS) is 20.1. The van der Waals surface area contributed by atoms with E-state index in [4.69, 9.17) is 5.73 Å². The van der Waals surface area contributed by atoms with Gasteiger partial charge < -0.3 is 10.8 Å². The number of aryl methyl sites for hydroxylation is 1. The molecular weight excluding hydrogens is 186 g/mol. The molecule has 0 amide bonds. The molecule has 0 heterocycles. The maximum atomic E-state index is 9.69. The third-order valence-electron chi connectivity index (χ3n) is 3.53. The summed E-state index contributed by atoms with van der Waals surface area (Å²) in [5.41, 5.74) is 8.19. The molecule has 1 aromatic carbocycles. The minimum absolute atomic E-state index is 0.205. The molecule has 1 saturated carbocycles. The lowest BCUT2D eigenvalue weighted by Gasteiger charge is -2.34. The molecule has 82 valence electrons. The molecule has 0 aromatic heterocycles. The van der Waals surface area contributed by atoms with Crippen LogP contribution in [0, 0.1) is 6.92 Å². The minimum Gasteiger partial charge on any atom is -0.508 e. The van der Waals surface area contributed by atoms with Crippen LogP contribution in [-0.4, -0.2) is 5.11 Å². The fourth-order valence-electron chi connectivity index (χ4n) is 2.39.